The molecule has 9 heteroatoms. The number of carbonyl (C=O) groups is 1. The number of halogens is 3. The van der Waals surface area contributed by atoms with E-state index in [1.165, 1.54) is 12.0 Å². The molecule has 3 aliphatic rings. The van der Waals surface area contributed by atoms with Gasteiger partial charge in [-0.2, -0.15) is 13.2 Å². The highest BCUT2D eigenvalue weighted by Gasteiger charge is 2.43. The predicted molar refractivity (Wildman–Crippen MR) is 152 cm³/mol. The van der Waals surface area contributed by atoms with E-state index < -0.39 is 23.8 Å². The Morgan fingerprint density at radius 3 is 2.39 bits per heavy atom. The summed E-state index contributed by atoms with van der Waals surface area (Å²) in [4.78, 5) is 21.6. The maximum Gasteiger partial charge on any atom is 0.416 e. The van der Waals surface area contributed by atoms with E-state index in [1.807, 2.05) is 10.6 Å². The molecular formula is C32H39F3N4O2. The molecule has 2 saturated heterocycles. The number of hydrogen-bond donors (Lipinski definition) is 1. The SMILES string of the molecule is O=C(O)C(C1CCCCC1)N1CC(CN2CCC(n3cnc4cc(C(F)(F)F)ccc43)CC2)C(c2ccccc2)C1. The van der Waals surface area contributed by atoms with Gasteiger partial charge in [0.15, 0.2) is 0 Å². The van der Waals surface area contributed by atoms with E-state index in [1.54, 1.807) is 12.4 Å². The maximum atomic E-state index is 13.2. The molecule has 41 heavy (non-hydrogen) atoms. The van der Waals surface area contributed by atoms with E-state index >= 15 is 0 Å². The van der Waals surface area contributed by atoms with Crippen molar-refractivity contribution in [2.24, 2.45) is 11.8 Å². The summed E-state index contributed by atoms with van der Waals surface area (Å²) >= 11 is 0. The lowest BCUT2D eigenvalue weighted by Gasteiger charge is -2.36. The summed E-state index contributed by atoms with van der Waals surface area (Å²) in [6.07, 6.45) is 4.57. The zero-order chi connectivity index (χ0) is 28.6. The number of likely N-dealkylation sites (tertiary alicyclic amines) is 2. The van der Waals surface area contributed by atoms with E-state index in [2.05, 4.69) is 39.0 Å². The topological polar surface area (TPSA) is 61.6 Å². The highest BCUT2D eigenvalue weighted by atomic mass is 19.4. The Morgan fingerprint density at radius 2 is 1.71 bits per heavy atom. The van der Waals surface area contributed by atoms with Crippen LogP contribution in [0.4, 0.5) is 13.2 Å². The van der Waals surface area contributed by atoms with Crippen molar-refractivity contribution in [2.75, 3.05) is 32.7 Å². The Kier molecular flexibility index (Phi) is 8.10. The van der Waals surface area contributed by atoms with Gasteiger partial charge >= 0.3 is 12.1 Å². The normalized spacial score (nSPS) is 24.7. The van der Waals surface area contributed by atoms with Crippen molar-refractivity contribution in [1.82, 2.24) is 19.4 Å². The number of hydrogen-bond acceptors (Lipinski definition) is 4. The number of nitrogens with zero attached hydrogens (tertiary/aromatic N) is 4. The quantitative estimate of drug-likeness (QED) is 0.356. The molecule has 2 aromatic carbocycles. The van der Waals surface area contributed by atoms with Gasteiger partial charge in [-0.25, -0.2) is 4.98 Å². The summed E-state index contributed by atoms with van der Waals surface area (Å²) in [5, 5.41) is 10.3. The van der Waals surface area contributed by atoms with Crippen molar-refractivity contribution < 1.29 is 23.1 Å². The minimum atomic E-state index is -4.38. The molecule has 2 aliphatic heterocycles. The lowest BCUT2D eigenvalue weighted by Crippen LogP contribution is -2.46. The minimum Gasteiger partial charge on any atom is -0.480 e. The van der Waals surface area contributed by atoms with Crippen LogP contribution in [0.15, 0.2) is 54.9 Å². The van der Waals surface area contributed by atoms with Crippen molar-refractivity contribution >= 4 is 17.0 Å². The number of carboxylic acids is 1. The lowest BCUT2D eigenvalue weighted by molar-refractivity contribution is -0.145. The van der Waals surface area contributed by atoms with E-state index in [-0.39, 0.29) is 12.0 Å². The van der Waals surface area contributed by atoms with Gasteiger partial charge in [0.1, 0.15) is 6.04 Å². The largest absolute Gasteiger partial charge is 0.480 e. The van der Waals surface area contributed by atoms with Crippen molar-refractivity contribution in [3.05, 3.63) is 66.0 Å². The van der Waals surface area contributed by atoms with E-state index in [0.717, 1.165) is 88.9 Å². The molecule has 1 saturated carbocycles. The Hall–Kier alpha value is -2.91. The Balaban J connectivity index is 1.14. The molecule has 3 aromatic rings. The van der Waals surface area contributed by atoms with Crippen LogP contribution in [0.5, 0.6) is 0 Å². The molecule has 6 nitrogen and oxygen atoms in total. The Morgan fingerprint density at radius 1 is 0.976 bits per heavy atom. The van der Waals surface area contributed by atoms with Crippen molar-refractivity contribution in [3.8, 4) is 0 Å². The van der Waals surface area contributed by atoms with Crippen LogP contribution in [-0.4, -0.2) is 69.2 Å². The zero-order valence-electron chi connectivity index (χ0n) is 23.3. The molecule has 0 spiro atoms. The van der Waals surface area contributed by atoms with Crippen LogP contribution in [0, 0.1) is 11.8 Å². The third-order valence-corrected chi connectivity index (χ3v) is 9.79. The molecule has 3 atom stereocenters. The number of rotatable bonds is 7. The predicted octanol–water partition coefficient (Wildman–Crippen LogP) is 6.44. The molecule has 6 rings (SSSR count). The van der Waals surface area contributed by atoms with Crippen LogP contribution < -0.4 is 0 Å². The molecule has 0 bridgehead atoms. The number of aromatic nitrogens is 2. The average molecular weight is 569 g/mol. The van der Waals surface area contributed by atoms with Gasteiger partial charge in [-0.3, -0.25) is 9.69 Å². The average Bonchev–Trinajstić information content (AvgIpc) is 3.58. The van der Waals surface area contributed by atoms with E-state index in [9.17, 15) is 23.1 Å². The van der Waals surface area contributed by atoms with E-state index in [4.69, 9.17) is 0 Å². The molecule has 0 amide bonds. The van der Waals surface area contributed by atoms with Crippen LogP contribution in [-0.2, 0) is 11.0 Å². The summed E-state index contributed by atoms with van der Waals surface area (Å²) in [6.45, 7) is 4.28. The van der Waals surface area contributed by atoms with Crippen LogP contribution in [0.2, 0.25) is 0 Å². The number of carboxylic acid groups (broad SMARTS) is 1. The molecule has 1 aromatic heterocycles. The van der Waals surface area contributed by atoms with Crippen molar-refractivity contribution in [2.45, 2.75) is 69.1 Å². The first-order valence-electron chi connectivity index (χ1n) is 15.1. The van der Waals surface area contributed by atoms with Gasteiger partial charge in [0.25, 0.3) is 0 Å². The zero-order valence-corrected chi connectivity index (χ0v) is 23.3. The second-order valence-corrected chi connectivity index (χ2v) is 12.3. The Labute approximate surface area is 239 Å². The van der Waals surface area contributed by atoms with Gasteiger partial charge in [0, 0.05) is 44.7 Å². The van der Waals surface area contributed by atoms with Gasteiger partial charge in [0.05, 0.1) is 22.9 Å². The summed E-state index contributed by atoms with van der Waals surface area (Å²) in [6, 6.07) is 14.1. The monoisotopic (exact) mass is 568 g/mol. The van der Waals surface area contributed by atoms with Crippen LogP contribution in [0.25, 0.3) is 11.0 Å². The number of imidazole rings is 1. The minimum absolute atomic E-state index is 0.195. The van der Waals surface area contributed by atoms with Crippen LogP contribution in [0.1, 0.15) is 68.0 Å². The fourth-order valence-corrected chi connectivity index (χ4v) is 7.71. The van der Waals surface area contributed by atoms with Crippen molar-refractivity contribution in [3.63, 3.8) is 0 Å². The molecule has 1 N–H and O–H groups in total. The molecule has 3 fully saturated rings. The second-order valence-electron chi connectivity index (χ2n) is 12.3. The first-order valence-corrected chi connectivity index (χ1v) is 15.1. The number of fused-ring (bicyclic) bond motifs is 1. The molecule has 1 aliphatic carbocycles. The van der Waals surface area contributed by atoms with E-state index in [0.29, 0.717) is 17.4 Å². The Bertz CT molecular complexity index is 1330. The maximum absolute atomic E-state index is 13.2. The highest BCUT2D eigenvalue weighted by molar-refractivity contribution is 5.76. The smallest absolute Gasteiger partial charge is 0.416 e. The lowest BCUT2D eigenvalue weighted by atomic mass is 9.83. The molecular weight excluding hydrogens is 529 g/mol. The van der Waals surface area contributed by atoms with Gasteiger partial charge < -0.3 is 14.6 Å². The van der Waals surface area contributed by atoms with Crippen LogP contribution in [0.3, 0.4) is 0 Å². The summed E-state index contributed by atoms with van der Waals surface area (Å²) in [5.74, 6) is 0.179. The third kappa shape index (κ3) is 6.02. The summed E-state index contributed by atoms with van der Waals surface area (Å²) in [7, 11) is 0. The number of piperidine rings is 1. The summed E-state index contributed by atoms with van der Waals surface area (Å²) < 4.78 is 41.5. The first-order chi connectivity index (χ1) is 19.8. The molecule has 3 unspecified atom stereocenters. The van der Waals surface area contributed by atoms with Crippen molar-refractivity contribution in [1.29, 1.82) is 0 Å². The standard InChI is InChI=1S/C32H39F3N4O2/c33-32(34,35)25-11-12-29-28(17-25)36-21-39(29)26-13-15-37(16-14-26)18-24-19-38(20-27(24)22-7-3-1-4-8-22)30(31(40)41)23-9-5-2-6-10-23/h1,3-4,7-8,11-12,17,21,23-24,26-27,30H,2,5-6,9-10,13-16,18-20H2,(H,40,41). The molecule has 3 heterocycles. The number of aliphatic carboxylic acids is 1. The summed E-state index contributed by atoms with van der Waals surface area (Å²) in [5.41, 5.74) is 1.74. The number of benzene rings is 2. The third-order valence-electron chi connectivity index (χ3n) is 9.79. The van der Waals surface area contributed by atoms with Crippen LogP contribution >= 0.6 is 0 Å². The van der Waals surface area contributed by atoms with Gasteiger partial charge in [-0.05, 0) is 61.3 Å². The molecule has 0 radical (unpaired) electrons. The fourth-order valence-electron chi connectivity index (χ4n) is 7.71. The fraction of sp³-hybridized carbons (Fsp3) is 0.562. The van der Waals surface area contributed by atoms with Gasteiger partial charge in [-0.1, -0.05) is 49.6 Å². The first kappa shape index (κ1) is 28.2. The molecule has 220 valence electrons. The van der Waals surface area contributed by atoms with Gasteiger partial charge in [0.2, 0.25) is 0 Å². The number of alkyl halides is 3. The van der Waals surface area contributed by atoms with Gasteiger partial charge in [-0.15, -0.1) is 0 Å². The second kappa shape index (κ2) is 11.8. The highest BCUT2D eigenvalue weighted by Crippen LogP contribution is 2.39.